The average Bonchev–Trinajstić information content (AvgIpc) is 3.12. The van der Waals surface area contributed by atoms with E-state index in [1.54, 1.807) is 6.07 Å². The number of phenolic OH excluding ortho intramolecular Hbond substituents is 1. The van der Waals surface area contributed by atoms with Gasteiger partial charge in [0.25, 0.3) is 0 Å². The lowest BCUT2D eigenvalue weighted by atomic mass is 9.97. The first kappa shape index (κ1) is 23.3. The minimum Gasteiger partial charge on any atom is -0.506 e. The van der Waals surface area contributed by atoms with Crippen LogP contribution in [0.4, 0.5) is 0 Å². The zero-order valence-corrected chi connectivity index (χ0v) is 21.4. The van der Waals surface area contributed by atoms with Crippen molar-refractivity contribution in [2.75, 3.05) is 19.7 Å². The Kier molecular flexibility index (Phi) is 8.41. The van der Waals surface area contributed by atoms with Gasteiger partial charge in [-0.15, -0.1) is 0 Å². The van der Waals surface area contributed by atoms with Gasteiger partial charge in [0.1, 0.15) is 29.4 Å². The zero-order valence-electron chi connectivity index (χ0n) is 17.1. The number of carbonyl (C=O) groups excluding carboxylic acids is 1. The maximum Gasteiger partial charge on any atom is 0.200 e. The fraction of sp³-hybridized carbons (Fsp3) is 0.348. The summed E-state index contributed by atoms with van der Waals surface area (Å²) in [6, 6.07) is 9.26. The maximum atomic E-state index is 13.6. The Labute approximate surface area is 203 Å². The van der Waals surface area contributed by atoms with Crippen LogP contribution in [0.5, 0.6) is 11.5 Å². The molecule has 0 unspecified atom stereocenters. The highest BCUT2D eigenvalue weighted by atomic mass is 127. The first-order chi connectivity index (χ1) is 14.5. The van der Waals surface area contributed by atoms with E-state index in [0.29, 0.717) is 45.8 Å². The summed E-state index contributed by atoms with van der Waals surface area (Å²) in [6.45, 7) is 6.21. The third-order valence-corrected chi connectivity index (χ3v) is 6.63. The third-order valence-electron chi connectivity index (χ3n) is 4.82. The van der Waals surface area contributed by atoms with Crippen molar-refractivity contribution < 1.29 is 19.1 Å². The number of carbonyl (C=O) groups is 1. The quantitative estimate of drug-likeness (QED) is 0.165. The number of hydrogen-bond donors (Lipinski definition) is 2. The fourth-order valence-electron chi connectivity index (χ4n) is 3.29. The Balaban J connectivity index is 2.01. The molecule has 7 heteroatoms. The molecule has 1 heterocycles. The summed E-state index contributed by atoms with van der Waals surface area (Å²) in [7, 11) is 0. The number of ketones is 1. The van der Waals surface area contributed by atoms with Crippen molar-refractivity contribution in [3.05, 3.63) is 54.4 Å². The summed E-state index contributed by atoms with van der Waals surface area (Å²) >= 11 is 4.20. The van der Waals surface area contributed by atoms with Crippen molar-refractivity contribution >= 4 is 61.9 Å². The van der Waals surface area contributed by atoms with Gasteiger partial charge in [0.05, 0.1) is 18.3 Å². The van der Waals surface area contributed by atoms with Gasteiger partial charge in [0, 0.05) is 18.4 Å². The Morgan fingerprint density at radius 1 is 1.23 bits per heavy atom. The summed E-state index contributed by atoms with van der Waals surface area (Å²) < 4.78 is 13.2. The number of furan rings is 1. The van der Waals surface area contributed by atoms with Crippen LogP contribution < -0.4 is 10.1 Å². The highest BCUT2D eigenvalue weighted by Crippen LogP contribution is 2.39. The molecule has 0 atom stereocenters. The summed E-state index contributed by atoms with van der Waals surface area (Å²) in [6.07, 6.45) is 2.62. The topological polar surface area (TPSA) is 71.7 Å². The number of nitrogens with one attached hydrogen (secondary N) is 1. The second kappa shape index (κ2) is 10.8. The van der Waals surface area contributed by atoms with Crippen LogP contribution in [-0.2, 0) is 6.42 Å². The van der Waals surface area contributed by atoms with Gasteiger partial charge in [-0.05, 0) is 70.3 Å². The molecular formula is C23H25I2NO4. The molecule has 5 nitrogen and oxygen atoms in total. The van der Waals surface area contributed by atoms with Crippen molar-refractivity contribution in [2.45, 2.75) is 33.1 Å². The second-order valence-corrected chi connectivity index (χ2v) is 9.17. The number of halogens is 2. The predicted molar refractivity (Wildman–Crippen MR) is 136 cm³/mol. The van der Waals surface area contributed by atoms with E-state index in [2.05, 4.69) is 34.8 Å². The van der Waals surface area contributed by atoms with E-state index in [9.17, 15) is 9.90 Å². The number of benzene rings is 2. The number of aryl methyl sites for hydroxylation is 1. The van der Waals surface area contributed by atoms with E-state index in [0.717, 1.165) is 28.3 Å². The number of unbranched alkanes of at least 4 members (excludes halogenated alkanes) is 1. The molecule has 0 bridgehead atoms. The molecule has 3 aromatic rings. The van der Waals surface area contributed by atoms with Crippen LogP contribution in [0.2, 0.25) is 0 Å². The van der Waals surface area contributed by atoms with Gasteiger partial charge < -0.3 is 19.6 Å². The second-order valence-electron chi connectivity index (χ2n) is 6.93. The number of ether oxygens (including phenoxy) is 1. The molecule has 0 spiro atoms. The SMILES string of the molecule is CCCCc1oc2ccccc2c1C(=O)c1cc(I)c(OCCNCC)c(I)c1O. The van der Waals surface area contributed by atoms with Crippen LogP contribution in [0.15, 0.2) is 34.7 Å². The van der Waals surface area contributed by atoms with E-state index < -0.39 is 0 Å². The maximum absolute atomic E-state index is 13.6. The molecule has 2 N–H and O–H groups in total. The Hall–Kier alpha value is -1.33. The van der Waals surface area contributed by atoms with E-state index in [4.69, 9.17) is 9.15 Å². The highest BCUT2D eigenvalue weighted by molar-refractivity contribution is 14.1. The van der Waals surface area contributed by atoms with Crippen LogP contribution in [0.3, 0.4) is 0 Å². The number of hydrogen-bond acceptors (Lipinski definition) is 5. The molecule has 1 aromatic heterocycles. The lowest BCUT2D eigenvalue weighted by molar-refractivity contribution is 0.103. The standard InChI is InChI=1S/C23H25I2NO4/c1-3-5-9-18-19(14-8-6-7-10-17(14)30-18)21(27)15-13-16(24)23(20(25)22(15)28)29-12-11-26-4-2/h6-8,10,13,26,28H,3-5,9,11-12H2,1-2H3. The molecule has 0 fully saturated rings. The minimum absolute atomic E-state index is 0.0498. The van der Waals surface area contributed by atoms with E-state index in [-0.39, 0.29) is 17.1 Å². The normalized spacial score (nSPS) is 11.2. The molecule has 30 heavy (non-hydrogen) atoms. The molecule has 2 aromatic carbocycles. The van der Waals surface area contributed by atoms with Crippen molar-refractivity contribution in [2.24, 2.45) is 0 Å². The molecule has 3 rings (SSSR count). The molecular weight excluding hydrogens is 608 g/mol. The van der Waals surface area contributed by atoms with Crippen LogP contribution in [0, 0.1) is 7.14 Å². The Morgan fingerprint density at radius 2 is 2.00 bits per heavy atom. The first-order valence-corrected chi connectivity index (χ1v) is 12.2. The summed E-state index contributed by atoms with van der Waals surface area (Å²) in [5.41, 5.74) is 1.51. The fourth-order valence-corrected chi connectivity index (χ4v) is 5.28. The van der Waals surface area contributed by atoms with Gasteiger partial charge in [-0.25, -0.2) is 0 Å². The van der Waals surface area contributed by atoms with Gasteiger partial charge >= 0.3 is 0 Å². The lowest BCUT2D eigenvalue weighted by Crippen LogP contribution is -2.20. The van der Waals surface area contributed by atoms with E-state index in [1.807, 2.05) is 53.8 Å². The summed E-state index contributed by atoms with van der Waals surface area (Å²) in [5.74, 6) is 1.01. The van der Waals surface area contributed by atoms with Gasteiger partial charge in [-0.2, -0.15) is 0 Å². The predicted octanol–water partition coefficient (Wildman–Crippen LogP) is 5.91. The molecule has 0 aliphatic rings. The number of likely N-dealkylation sites (N-methyl/N-ethyl adjacent to an activating group) is 1. The zero-order chi connectivity index (χ0) is 21.7. The van der Waals surface area contributed by atoms with Crippen molar-refractivity contribution in [1.82, 2.24) is 5.32 Å². The highest BCUT2D eigenvalue weighted by Gasteiger charge is 2.26. The monoisotopic (exact) mass is 633 g/mol. The number of phenols is 1. The molecule has 0 amide bonds. The molecule has 0 radical (unpaired) electrons. The summed E-state index contributed by atoms with van der Waals surface area (Å²) in [4.78, 5) is 13.6. The van der Waals surface area contributed by atoms with Crippen LogP contribution >= 0.6 is 45.2 Å². The van der Waals surface area contributed by atoms with Crippen LogP contribution in [0.25, 0.3) is 11.0 Å². The van der Waals surface area contributed by atoms with Crippen molar-refractivity contribution in [1.29, 1.82) is 0 Å². The lowest BCUT2D eigenvalue weighted by Gasteiger charge is -2.14. The minimum atomic E-state index is -0.224. The van der Waals surface area contributed by atoms with Crippen LogP contribution in [-0.4, -0.2) is 30.6 Å². The molecule has 0 aliphatic heterocycles. The molecule has 0 saturated carbocycles. The molecule has 160 valence electrons. The van der Waals surface area contributed by atoms with Crippen molar-refractivity contribution in [3.63, 3.8) is 0 Å². The van der Waals surface area contributed by atoms with Crippen molar-refractivity contribution in [3.8, 4) is 11.5 Å². The average molecular weight is 633 g/mol. The molecule has 0 saturated heterocycles. The number of aromatic hydroxyl groups is 1. The first-order valence-electron chi connectivity index (χ1n) is 10.1. The van der Waals surface area contributed by atoms with Gasteiger partial charge in [-0.1, -0.05) is 38.5 Å². The van der Waals surface area contributed by atoms with E-state index >= 15 is 0 Å². The number of para-hydroxylation sites is 1. The van der Waals surface area contributed by atoms with Gasteiger partial charge in [0.15, 0.2) is 0 Å². The van der Waals surface area contributed by atoms with Gasteiger partial charge in [-0.3, -0.25) is 4.79 Å². The largest absolute Gasteiger partial charge is 0.506 e. The number of fused-ring (bicyclic) bond motifs is 1. The number of rotatable bonds is 10. The third kappa shape index (κ3) is 4.94. The molecule has 0 aliphatic carbocycles. The smallest absolute Gasteiger partial charge is 0.200 e. The van der Waals surface area contributed by atoms with Gasteiger partial charge in [0.2, 0.25) is 5.78 Å². The Morgan fingerprint density at radius 3 is 2.73 bits per heavy atom. The summed E-state index contributed by atoms with van der Waals surface area (Å²) in [5, 5.41) is 14.8. The van der Waals surface area contributed by atoms with Crippen LogP contribution in [0.1, 0.15) is 48.4 Å². The Bertz CT molecular complexity index is 1050. The van der Waals surface area contributed by atoms with E-state index in [1.165, 1.54) is 0 Å².